The molecule has 0 saturated heterocycles. The van der Waals surface area contributed by atoms with Crippen LogP contribution in [0.4, 0.5) is 0 Å². The normalized spacial score (nSPS) is 9.21. The molecule has 74 valence electrons. The number of amides is 1. The number of nitrogens with one attached hydrogen (secondary N) is 2. The van der Waals surface area contributed by atoms with Crippen molar-refractivity contribution in [2.24, 2.45) is 0 Å². The Morgan fingerprint density at radius 3 is 2.36 bits per heavy atom. The second-order valence-corrected chi connectivity index (χ2v) is 2.83. The lowest BCUT2D eigenvalue weighted by molar-refractivity contribution is -0.119. The molecule has 0 aliphatic heterocycles. The van der Waals surface area contributed by atoms with E-state index in [1.54, 1.807) is 24.3 Å². The lowest BCUT2D eigenvalue weighted by Crippen LogP contribution is -2.33. The first-order chi connectivity index (χ1) is 6.59. The van der Waals surface area contributed by atoms with E-state index in [0.717, 1.165) is 5.56 Å². The maximum atomic E-state index is 10.6. The molecule has 0 atom stereocenters. The van der Waals surface area contributed by atoms with Crippen LogP contribution in [0.5, 0.6) is 5.75 Å². The Morgan fingerprint density at radius 2 is 1.86 bits per heavy atom. The summed E-state index contributed by atoms with van der Waals surface area (Å²) < 4.78 is 0. The third-order valence-electron chi connectivity index (χ3n) is 1.61. The van der Waals surface area contributed by atoms with Crippen molar-refractivity contribution < 1.29 is 9.90 Å². The van der Waals surface area contributed by atoms with E-state index in [2.05, 4.69) is 17.4 Å². The van der Waals surface area contributed by atoms with E-state index in [9.17, 15) is 4.79 Å². The van der Waals surface area contributed by atoms with Gasteiger partial charge in [0.15, 0.2) is 0 Å². The summed E-state index contributed by atoms with van der Waals surface area (Å²) in [7, 11) is 0. The summed E-state index contributed by atoms with van der Waals surface area (Å²) in [5.74, 6) is 0.00556. The van der Waals surface area contributed by atoms with Crippen LogP contribution in [0, 0.1) is 0 Å². The molecule has 4 heteroatoms. The number of phenols is 1. The van der Waals surface area contributed by atoms with Crippen molar-refractivity contribution in [3.05, 3.63) is 36.4 Å². The van der Waals surface area contributed by atoms with Gasteiger partial charge in [-0.25, -0.2) is 0 Å². The third-order valence-corrected chi connectivity index (χ3v) is 1.61. The van der Waals surface area contributed by atoms with Gasteiger partial charge in [0.25, 0.3) is 0 Å². The first-order valence-electron chi connectivity index (χ1n) is 4.10. The summed E-state index contributed by atoms with van der Waals surface area (Å²) in [6.07, 6.45) is 0. The zero-order valence-corrected chi connectivity index (χ0v) is 7.87. The van der Waals surface area contributed by atoms with E-state index in [4.69, 9.17) is 5.11 Å². The number of carbonyl (C=O) groups is 1. The molecule has 3 N–H and O–H groups in total. The minimum atomic E-state index is -0.190. The summed E-state index contributed by atoms with van der Waals surface area (Å²) in [4.78, 5) is 10.6. The van der Waals surface area contributed by atoms with E-state index in [1.807, 2.05) is 0 Å². The molecule has 0 fully saturated rings. The first kappa shape index (κ1) is 10.1. The summed E-state index contributed by atoms with van der Waals surface area (Å²) in [6, 6.07) is 6.50. The van der Waals surface area contributed by atoms with Gasteiger partial charge in [-0.15, -0.1) is 0 Å². The lowest BCUT2D eigenvalue weighted by atomic mass is 10.2. The zero-order chi connectivity index (χ0) is 10.6. The molecule has 0 aliphatic rings. The number of benzene rings is 1. The minimum Gasteiger partial charge on any atom is -0.508 e. The number of hydrogen-bond acceptors (Lipinski definition) is 3. The quantitative estimate of drug-likeness (QED) is 0.626. The molecular formula is C10H12N2O2. The average Bonchev–Trinajstić information content (AvgIpc) is 2.15. The topological polar surface area (TPSA) is 61.4 Å². The number of phenolic OH excluding ortho intramolecular Hbond substituents is 1. The van der Waals surface area contributed by atoms with E-state index < -0.39 is 0 Å². The molecule has 0 aliphatic carbocycles. The van der Waals surface area contributed by atoms with Crippen molar-refractivity contribution in [3.63, 3.8) is 0 Å². The van der Waals surface area contributed by atoms with Crippen LogP contribution < -0.4 is 10.9 Å². The van der Waals surface area contributed by atoms with Crippen LogP contribution >= 0.6 is 0 Å². The molecular weight excluding hydrogens is 180 g/mol. The molecule has 4 nitrogen and oxygen atoms in total. The molecule has 1 aromatic carbocycles. The van der Waals surface area contributed by atoms with Crippen molar-refractivity contribution in [1.29, 1.82) is 0 Å². The van der Waals surface area contributed by atoms with Crippen molar-refractivity contribution in [3.8, 4) is 5.75 Å². The minimum absolute atomic E-state index is 0.190. The Labute approximate surface area is 82.2 Å². The molecule has 14 heavy (non-hydrogen) atoms. The zero-order valence-electron chi connectivity index (χ0n) is 7.87. The maximum Gasteiger partial charge on any atom is 0.235 e. The van der Waals surface area contributed by atoms with Crippen molar-refractivity contribution in [2.75, 3.05) is 0 Å². The Bertz CT molecular complexity index is 344. The molecule has 0 unspecified atom stereocenters. The molecule has 0 bridgehead atoms. The second-order valence-electron chi connectivity index (χ2n) is 2.83. The van der Waals surface area contributed by atoms with Gasteiger partial charge in [0, 0.05) is 6.92 Å². The monoisotopic (exact) mass is 192 g/mol. The summed E-state index contributed by atoms with van der Waals surface area (Å²) >= 11 is 0. The highest BCUT2D eigenvalue weighted by Crippen LogP contribution is 2.13. The molecule has 0 aromatic heterocycles. The van der Waals surface area contributed by atoms with Gasteiger partial charge in [-0.05, 0) is 29.8 Å². The van der Waals surface area contributed by atoms with Crippen LogP contribution in [0.25, 0.3) is 5.70 Å². The van der Waals surface area contributed by atoms with Crippen LogP contribution in [0.3, 0.4) is 0 Å². The summed E-state index contributed by atoms with van der Waals surface area (Å²) in [5, 5.41) is 9.04. The van der Waals surface area contributed by atoms with E-state index in [-0.39, 0.29) is 11.7 Å². The molecule has 1 rings (SSSR count). The van der Waals surface area contributed by atoms with E-state index in [0.29, 0.717) is 5.70 Å². The standard InChI is InChI=1S/C10H12N2O2/c1-7(11-12-8(2)13)9-3-5-10(14)6-4-9/h3-6,11,14H,1H2,2H3,(H,12,13). The average molecular weight is 192 g/mol. The number of hydrogen-bond donors (Lipinski definition) is 3. The molecule has 0 saturated carbocycles. The van der Waals surface area contributed by atoms with Crippen molar-refractivity contribution >= 4 is 11.6 Å². The maximum absolute atomic E-state index is 10.6. The van der Waals surface area contributed by atoms with Gasteiger partial charge in [-0.1, -0.05) is 6.58 Å². The van der Waals surface area contributed by atoms with Crippen LogP contribution in [0.2, 0.25) is 0 Å². The van der Waals surface area contributed by atoms with Crippen LogP contribution in [-0.4, -0.2) is 11.0 Å². The Morgan fingerprint density at radius 1 is 1.29 bits per heavy atom. The highest BCUT2D eigenvalue weighted by atomic mass is 16.3. The second kappa shape index (κ2) is 4.32. The van der Waals surface area contributed by atoms with Crippen LogP contribution in [-0.2, 0) is 4.79 Å². The fraction of sp³-hybridized carbons (Fsp3) is 0.100. The van der Waals surface area contributed by atoms with Gasteiger partial charge in [-0.3, -0.25) is 15.6 Å². The van der Waals surface area contributed by atoms with E-state index >= 15 is 0 Å². The van der Waals surface area contributed by atoms with Gasteiger partial charge in [0.05, 0.1) is 5.70 Å². The smallest absolute Gasteiger partial charge is 0.235 e. The Balaban J connectivity index is 2.61. The number of carbonyl (C=O) groups excluding carboxylic acids is 1. The first-order valence-corrected chi connectivity index (χ1v) is 4.10. The highest BCUT2D eigenvalue weighted by molar-refractivity contribution is 5.74. The fourth-order valence-electron chi connectivity index (χ4n) is 0.898. The molecule has 1 amide bonds. The molecule has 0 heterocycles. The fourth-order valence-corrected chi connectivity index (χ4v) is 0.898. The predicted molar refractivity (Wildman–Crippen MR) is 54.1 cm³/mol. The van der Waals surface area contributed by atoms with Crippen molar-refractivity contribution in [1.82, 2.24) is 10.9 Å². The Hall–Kier alpha value is -1.97. The van der Waals surface area contributed by atoms with Crippen LogP contribution in [0.1, 0.15) is 12.5 Å². The van der Waals surface area contributed by atoms with Gasteiger partial charge in [0.1, 0.15) is 5.75 Å². The van der Waals surface area contributed by atoms with Gasteiger partial charge in [0.2, 0.25) is 5.91 Å². The highest BCUT2D eigenvalue weighted by Gasteiger charge is 1.98. The SMILES string of the molecule is C=C(NNC(C)=O)c1ccc(O)cc1. The summed E-state index contributed by atoms with van der Waals surface area (Å²) in [5.41, 5.74) is 6.42. The number of aromatic hydroxyl groups is 1. The van der Waals surface area contributed by atoms with Gasteiger partial charge >= 0.3 is 0 Å². The van der Waals surface area contributed by atoms with Gasteiger partial charge < -0.3 is 5.11 Å². The predicted octanol–water partition coefficient (Wildman–Crippen LogP) is 1.00. The molecule has 0 radical (unpaired) electrons. The lowest BCUT2D eigenvalue weighted by Gasteiger charge is -2.09. The summed E-state index contributed by atoms with van der Waals surface area (Å²) in [6.45, 7) is 5.12. The van der Waals surface area contributed by atoms with Crippen LogP contribution in [0.15, 0.2) is 30.8 Å². The molecule has 1 aromatic rings. The Kier molecular flexibility index (Phi) is 3.12. The third kappa shape index (κ3) is 2.82. The number of rotatable bonds is 3. The largest absolute Gasteiger partial charge is 0.508 e. The van der Waals surface area contributed by atoms with Gasteiger partial charge in [-0.2, -0.15) is 0 Å². The van der Waals surface area contributed by atoms with Crippen molar-refractivity contribution in [2.45, 2.75) is 6.92 Å². The number of hydrazine groups is 1. The molecule has 0 spiro atoms. The van der Waals surface area contributed by atoms with E-state index in [1.165, 1.54) is 6.92 Å².